The maximum atomic E-state index is 13.4. The highest BCUT2D eigenvalue weighted by Crippen LogP contribution is 2.27. The van der Waals surface area contributed by atoms with Gasteiger partial charge in [0.15, 0.2) is 5.42 Å². The first-order valence-corrected chi connectivity index (χ1v) is 10.0. The lowest BCUT2D eigenvalue weighted by molar-refractivity contribution is -0.146. The average Bonchev–Trinajstić information content (AvgIpc) is 2.94. The zero-order valence-corrected chi connectivity index (χ0v) is 18.2. The summed E-state index contributed by atoms with van der Waals surface area (Å²) in [5.74, 6) is -2.48. The van der Waals surface area contributed by atoms with E-state index in [0.29, 0.717) is 16.7 Å². The molecule has 1 aliphatic carbocycles. The van der Waals surface area contributed by atoms with Crippen molar-refractivity contribution in [1.82, 2.24) is 5.32 Å². The van der Waals surface area contributed by atoms with Crippen LogP contribution in [0.4, 0.5) is 0 Å². The van der Waals surface area contributed by atoms with Crippen LogP contribution in [0.25, 0.3) is 22.2 Å². The Hall–Kier alpha value is -3.09. The number of ether oxygens (including phenoxy) is 2. The molecule has 0 spiro atoms. The van der Waals surface area contributed by atoms with Gasteiger partial charge in [-0.2, -0.15) is 0 Å². The van der Waals surface area contributed by atoms with Crippen molar-refractivity contribution in [2.75, 3.05) is 13.2 Å². The Balaban J connectivity index is 2.50. The lowest BCUT2D eigenvalue weighted by atomic mass is 9.97. The minimum atomic E-state index is -1.13. The summed E-state index contributed by atoms with van der Waals surface area (Å²) >= 11 is 0. The van der Waals surface area contributed by atoms with Gasteiger partial charge in [-0.1, -0.05) is 6.07 Å². The van der Waals surface area contributed by atoms with Crippen LogP contribution in [-0.2, 0) is 19.1 Å². The zero-order chi connectivity index (χ0) is 22.2. The third-order valence-corrected chi connectivity index (χ3v) is 4.67. The molecule has 7 heteroatoms. The highest BCUT2D eigenvalue weighted by Gasteiger charge is 2.42. The average molecular weight is 413 g/mol. The molecular weight excluding hydrogens is 386 g/mol. The number of rotatable bonds is 5. The van der Waals surface area contributed by atoms with Gasteiger partial charge in [0.1, 0.15) is 17.1 Å². The Morgan fingerprint density at radius 1 is 1.13 bits per heavy atom. The molecule has 1 N–H and O–H groups in total. The van der Waals surface area contributed by atoms with Crippen LogP contribution in [0.5, 0.6) is 0 Å². The zero-order valence-electron chi connectivity index (χ0n) is 18.2. The molecule has 30 heavy (non-hydrogen) atoms. The first-order valence-electron chi connectivity index (χ1n) is 10.0. The molecule has 0 aliphatic heterocycles. The molecule has 1 aromatic carbocycles. The standard InChI is InChI=1S/C23H27NO6/c1-7-28-21(26)15-16(22(27)29-8-2)20-17(18(15)24-23(4,5)6)19(25)13-10-9-12(3)11-14(13)30-20/h9-11,15,24H,7-8H2,1-6H3. The number of hydrogen-bond acceptors (Lipinski definition) is 7. The van der Waals surface area contributed by atoms with E-state index in [1.54, 1.807) is 26.0 Å². The summed E-state index contributed by atoms with van der Waals surface area (Å²) < 4.78 is 16.5. The van der Waals surface area contributed by atoms with Crippen molar-refractivity contribution in [2.24, 2.45) is 5.92 Å². The van der Waals surface area contributed by atoms with Gasteiger partial charge in [0, 0.05) is 11.2 Å². The van der Waals surface area contributed by atoms with Crippen LogP contribution >= 0.6 is 0 Å². The molecule has 1 atom stereocenters. The maximum absolute atomic E-state index is 13.4. The van der Waals surface area contributed by atoms with E-state index >= 15 is 0 Å². The van der Waals surface area contributed by atoms with Crippen molar-refractivity contribution in [3.05, 3.63) is 44.6 Å². The molecule has 7 nitrogen and oxygen atoms in total. The van der Waals surface area contributed by atoms with Gasteiger partial charge in [-0.3, -0.25) is 9.59 Å². The second-order valence-electron chi connectivity index (χ2n) is 8.24. The number of aryl methyl sites for hydroxylation is 1. The molecule has 0 bridgehead atoms. The molecule has 0 amide bonds. The van der Waals surface area contributed by atoms with E-state index in [0.717, 1.165) is 5.56 Å². The van der Waals surface area contributed by atoms with Crippen molar-refractivity contribution in [3.63, 3.8) is 0 Å². The van der Waals surface area contributed by atoms with Crippen molar-refractivity contribution in [2.45, 2.75) is 47.1 Å². The summed E-state index contributed by atoms with van der Waals surface area (Å²) in [5.41, 5.74) is 0.789. The summed E-state index contributed by atoms with van der Waals surface area (Å²) in [7, 11) is 0. The predicted molar refractivity (Wildman–Crippen MR) is 113 cm³/mol. The van der Waals surface area contributed by atoms with Crippen molar-refractivity contribution >= 4 is 34.2 Å². The minimum absolute atomic E-state index is 0.0162. The second-order valence-corrected chi connectivity index (χ2v) is 8.24. The summed E-state index contributed by atoms with van der Waals surface area (Å²) in [5, 5.41) is 3.78. The van der Waals surface area contributed by atoms with E-state index in [1.807, 2.05) is 33.8 Å². The van der Waals surface area contributed by atoms with E-state index in [4.69, 9.17) is 13.9 Å². The number of fused-ring (bicyclic) bond motifs is 2. The largest absolute Gasteiger partial charge is 0.465 e. The van der Waals surface area contributed by atoms with Crippen molar-refractivity contribution < 1.29 is 23.5 Å². The van der Waals surface area contributed by atoms with E-state index in [1.165, 1.54) is 0 Å². The van der Waals surface area contributed by atoms with Crippen LogP contribution in [0.2, 0.25) is 0 Å². The third-order valence-electron chi connectivity index (χ3n) is 4.67. The molecule has 1 heterocycles. The van der Waals surface area contributed by atoms with Crippen LogP contribution in [0.1, 0.15) is 40.2 Å². The van der Waals surface area contributed by atoms with Crippen LogP contribution in [-0.4, -0.2) is 30.7 Å². The van der Waals surface area contributed by atoms with Gasteiger partial charge < -0.3 is 19.2 Å². The maximum Gasteiger partial charge on any atom is 0.339 e. The SMILES string of the molecule is CCOC(=O)C1=c2oc3cc(C)ccc3c(=O)c2=C(NC(C)(C)C)C1C(=O)OCC. The molecular formula is C23H27NO6. The number of carbonyl (C=O) groups is 2. The topological polar surface area (TPSA) is 94.8 Å². The Bertz CT molecular complexity index is 1200. The molecule has 1 aliphatic rings. The van der Waals surface area contributed by atoms with Crippen molar-refractivity contribution in [3.8, 4) is 0 Å². The highest BCUT2D eigenvalue weighted by molar-refractivity contribution is 6.19. The van der Waals surface area contributed by atoms with E-state index < -0.39 is 23.4 Å². The lowest BCUT2D eigenvalue weighted by Gasteiger charge is -2.26. The molecule has 1 unspecified atom stereocenters. The van der Waals surface area contributed by atoms with Crippen molar-refractivity contribution in [1.29, 1.82) is 0 Å². The number of benzene rings is 1. The van der Waals surface area contributed by atoms with Gasteiger partial charge >= 0.3 is 11.9 Å². The number of hydrogen-bond donors (Lipinski definition) is 1. The number of esters is 2. The monoisotopic (exact) mass is 413 g/mol. The minimum Gasteiger partial charge on any atom is -0.465 e. The Morgan fingerprint density at radius 2 is 1.80 bits per heavy atom. The Kier molecular flexibility index (Phi) is 5.74. The summed E-state index contributed by atoms with van der Waals surface area (Å²) in [6, 6.07) is 5.23. The molecule has 160 valence electrons. The molecule has 0 saturated heterocycles. The summed E-state index contributed by atoms with van der Waals surface area (Å²) in [6.07, 6.45) is 0. The van der Waals surface area contributed by atoms with Gasteiger partial charge in [-0.05, 0) is 59.2 Å². The normalized spacial score (nSPS) is 15.9. The highest BCUT2D eigenvalue weighted by atomic mass is 16.5. The third kappa shape index (κ3) is 3.84. The first kappa shape index (κ1) is 21.6. The van der Waals surface area contributed by atoms with Crippen LogP contribution in [0.3, 0.4) is 0 Å². The fraction of sp³-hybridized carbons (Fsp3) is 0.435. The number of carbonyl (C=O) groups excluding carboxylic acids is 2. The van der Waals surface area contributed by atoms with Gasteiger partial charge in [0.25, 0.3) is 0 Å². The molecule has 0 fully saturated rings. The Morgan fingerprint density at radius 3 is 2.40 bits per heavy atom. The van der Waals surface area contributed by atoms with E-state index in [2.05, 4.69) is 5.32 Å². The second kappa shape index (κ2) is 7.97. The van der Waals surface area contributed by atoms with Gasteiger partial charge in [-0.25, -0.2) is 4.79 Å². The lowest BCUT2D eigenvalue weighted by Crippen LogP contribution is -2.45. The smallest absolute Gasteiger partial charge is 0.339 e. The van der Waals surface area contributed by atoms with Crippen LogP contribution in [0, 0.1) is 12.8 Å². The molecule has 0 radical (unpaired) electrons. The van der Waals surface area contributed by atoms with Gasteiger partial charge in [0.05, 0.1) is 23.8 Å². The molecule has 2 aromatic rings. The molecule has 1 aromatic heterocycles. The predicted octanol–water partition coefficient (Wildman–Crippen LogP) is 1.50. The fourth-order valence-corrected chi connectivity index (χ4v) is 3.57. The molecule has 3 rings (SSSR count). The van der Waals surface area contributed by atoms with E-state index in [-0.39, 0.29) is 34.8 Å². The summed E-state index contributed by atoms with van der Waals surface area (Å²) in [4.78, 5) is 39.3. The van der Waals surface area contributed by atoms with E-state index in [9.17, 15) is 14.4 Å². The number of nitrogens with one attached hydrogen (secondary N) is 1. The van der Waals surface area contributed by atoms with Gasteiger partial charge in [0.2, 0.25) is 5.43 Å². The van der Waals surface area contributed by atoms with Crippen LogP contribution in [0.15, 0.2) is 27.4 Å². The fourth-order valence-electron chi connectivity index (χ4n) is 3.57. The van der Waals surface area contributed by atoms with Crippen LogP contribution < -0.4 is 21.4 Å². The van der Waals surface area contributed by atoms with Gasteiger partial charge in [-0.15, -0.1) is 0 Å². The quantitative estimate of drug-likeness (QED) is 0.743. The molecule has 0 saturated carbocycles. The first-order chi connectivity index (χ1) is 14.1. The Labute approximate surface area is 174 Å². The summed E-state index contributed by atoms with van der Waals surface area (Å²) in [6.45, 7) is 11.2.